The summed E-state index contributed by atoms with van der Waals surface area (Å²) in [6, 6.07) is 13.2. The van der Waals surface area contributed by atoms with Gasteiger partial charge >= 0.3 is 0 Å². The van der Waals surface area contributed by atoms with E-state index in [1.807, 2.05) is 18.2 Å². The zero-order chi connectivity index (χ0) is 17.9. The summed E-state index contributed by atoms with van der Waals surface area (Å²) in [7, 11) is 0. The van der Waals surface area contributed by atoms with Crippen molar-refractivity contribution in [3.05, 3.63) is 65.6 Å². The summed E-state index contributed by atoms with van der Waals surface area (Å²) in [6.07, 6.45) is 0.625. The lowest BCUT2D eigenvalue weighted by Gasteiger charge is -2.04. The largest absolute Gasteiger partial charge is 0.454 e. The van der Waals surface area contributed by atoms with Gasteiger partial charge in [0.2, 0.25) is 6.79 Å². The molecule has 1 aliphatic rings. The second kappa shape index (κ2) is 6.87. The van der Waals surface area contributed by atoms with Gasteiger partial charge in [-0.3, -0.25) is 4.79 Å². The quantitative estimate of drug-likeness (QED) is 0.762. The van der Waals surface area contributed by atoms with Gasteiger partial charge in [-0.05, 0) is 36.2 Å². The zero-order valence-electron chi connectivity index (χ0n) is 13.7. The van der Waals surface area contributed by atoms with Gasteiger partial charge in [0.15, 0.2) is 23.0 Å². The van der Waals surface area contributed by atoms with E-state index in [9.17, 15) is 9.18 Å². The molecule has 6 nitrogen and oxygen atoms in total. The van der Waals surface area contributed by atoms with Gasteiger partial charge in [-0.2, -0.15) is 0 Å². The van der Waals surface area contributed by atoms with Crippen LogP contribution in [-0.2, 0) is 6.42 Å². The van der Waals surface area contributed by atoms with E-state index in [0.717, 1.165) is 11.3 Å². The first-order valence-corrected chi connectivity index (χ1v) is 8.09. The second-order valence-electron chi connectivity index (χ2n) is 5.75. The minimum Gasteiger partial charge on any atom is -0.454 e. The molecule has 0 aliphatic carbocycles. The van der Waals surface area contributed by atoms with Crippen LogP contribution < -0.4 is 14.8 Å². The van der Waals surface area contributed by atoms with E-state index >= 15 is 0 Å². The minimum atomic E-state index is -0.432. The van der Waals surface area contributed by atoms with Crippen molar-refractivity contribution in [1.29, 1.82) is 0 Å². The molecule has 0 atom stereocenters. The fourth-order valence-electron chi connectivity index (χ4n) is 2.68. The van der Waals surface area contributed by atoms with E-state index in [2.05, 4.69) is 10.5 Å². The third kappa shape index (κ3) is 3.23. The maximum Gasteiger partial charge on any atom is 0.273 e. The average Bonchev–Trinajstić information content (AvgIpc) is 3.31. The molecule has 3 aromatic rings. The van der Waals surface area contributed by atoms with Gasteiger partial charge < -0.3 is 19.3 Å². The molecule has 0 saturated heterocycles. The number of aromatic nitrogens is 1. The van der Waals surface area contributed by atoms with E-state index < -0.39 is 5.82 Å². The van der Waals surface area contributed by atoms with Crippen LogP contribution in [0.4, 0.5) is 4.39 Å². The van der Waals surface area contributed by atoms with Crippen molar-refractivity contribution in [1.82, 2.24) is 10.5 Å². The summed E-state index contributed by atoms with van der Waals surface area (Å²) < 4.78 is 29.4. The number of rotatable bonds is 5. The van der Waals surface area contributed by atoms with Gasteiger partial charge in [-0.1, -0.05) is 23.4 Å². The van der Waals surface area contributed by atoms with Crippen LogP contribution >= 0.6 is 0 Å². The van der Waals surface area contributed by atoms with Crippen LogP contribution in [0.15, 0.2) is 53.1 Å². The number of carbonyl (C=O) groups is 1. The Morgan fingerprint density at radius 3 is 2.85 bits per heavy atom. The van der Waals surface area contributed by atoms with Gasteiger partial charge in [0, 0.05) is 12.6 Å². The van der Waals surface area contributed by atoms with E-state index in [0.29, 0.717) is 18.7 Å². The lowest BCUT2D eigenvalue weighted by molar-refractivity contribution is 0.0945. The van der Waals surface area contributed by atoms with Crippen molar-refractivity contribution in [2.24, 2.45) is 0 Å². The zero-order valence-corrected chi connectivity index (χ0v) is 13.7. The Kier molecular flexibility index (Phi) is 4.27. The summed E-state index contributed by atoms with van der Waals surface area (Å²) in [5.41, 5.74) is 1.38. The highest BCUT2D eigenvalue weighted by molar-refractivity contribution is 5.93. The Hall–Kier alpha value is -3.35. The average molecular weight is 354 g/mol. The molecule has 0 fully saturated rings. The normalized spacial score (nSPS) is 12.2. The summed E-state index contributed by atoms with van der Waals surface area (Å²) in [6.45, 7) is 0.645. The molecule has 1 aromatic heterocycles. The van der Waals surface area contributed by atoms with Crippen LogP contribution in [0.25, 0.3) is 11.3 Å². The van der Waals surface area contributed by atoms with Crippen molar-refractivity contribution < 1.29 is 23.2 Å². The van der Waals surface area contributed by atoms with E-state index in [1.165, 1.54) is 12.1 Å². The van der Waals surface area contributed by atoms with E-state index in [1.54, 1.807) is 18.2 Å². The number of carbonyl (C=O) groups excluding carboxylic acids is 1. The Labute approximate surface area is 148 Å². The Bertz CT molecular complexity index is 954. The summed E-state index contributed by atoms with van der Waals surface area (Å²) in [5, 5.41) is 6.48. The van der Waals surface area contributed by atoms with E-state index in [4.69, 9.17) is 14.0 Å². The monoisotopic (exact) mass is 354 g/mol. The third-order valence-electron chi connectivity index (χ3n) is 4.02. The molecule has 0 unspecified atom stereocenters. The van der Waals surface area contributed by atoms with Crippen LogP contribution in [-0.4, -0.2) is 24.4 Å². The molecule has 0 spiro atoms. The molecule has 2 aromatic carbocycles. The molecule has 0 radical (unpaired) electrons. The van der Waals surface area contributed by atoms with Gasteiger partial charge in [0.1, 0.15) is 5.82 Å². The summed E-state index contributed by atoms with van der Waals surface area (Å²) in [5.74, 6) is 0.834. The second-order valence-corrected chi connectivity index (χ2v) is 5.75. The van der Waals surface area contributed by atoms with Gasteiger partial charge in [0.25, 0.3) is 5.91 Å². The molecule has 26 heavy (non-hydrogen) atoms. The molecule has 1 aliphatic heterocycles. The number of ether oxygens (including phenoxy) is 2. The topological polar surface area (TPSA) is 73.6 Å². The number of hydrogen-bond acceptors (Lipinski definition) is 5. The number of hydrogen-bond donors (Lipinski definition) is 1. The smallest absolute Gasteiger partial charge is 0.273 e. The Morgan fingerprint density at radius 2 is 1.96 bits per heavy atom. The fourth-order valence-corrected chi connectivity index (χ4v) is 2.68. The Balaban J connectivity index is 1.36. The molecule has 7 heteroatoms. The first-order chi connectivity index (χ1) is 12.7. The van der Waals surface area contributed by atoms with Crippen LogP contribution in [0, 0.1) is 5.82 Å². The fraction of sp³-hybridized carbons (Fsp3) is 0.158. The van der Waals surface area contributed by atoms with E-state index in [-0.39, 0.29) is 29.7 Å². The predicted molar refractivity (Wildman–Crippen MR) is 90.5 cm³/mol. The molecule has 132 valence electrons. The van der Waals surface area contributed by atoms with Crippen LogP contribution in [0.1, 0.15) is 16.1 Å². The number of benzene rings is 2. The molecule has 0 bridgehead atoms. The maximum absolute atomic E-state index is 13.8. The molecule has 1 amide bonds. The van der Waals surface area contributed by atoms with Crippen molar-refractivity contribution in [3.8, 4) is 22.8 Å². The highest BCUT2D eigenvalue weighted by Gasteiger charge is 2.16. The molecule has 4 rings (SSSR count). The molecule has 0 saturated carbocycles. The van der Waals surface area contributed by atoms with Crippen molar-refractivity contribution in [3.63, 3.8) is 0 Å². The van der Waals surface area contributed by atoms with Gasteiger partial charge in [0.05, 0.1) is 5.56 Å². The van der Waals surface area contributed by atoms with Crippen molar-refractivity contribution >= 4 is 5.91 Å². The predicted octanol–water partition coefficient (Wildman–Crippen LogP) is 3.18. The third-order valence-corrected chi connectivity index (χ3v) is 4.02. The summed E-state index contributed by atoms with van der Waals surface area (Å²) >= 11 is 0. The highest BCUT2D eigenvalue weighted by Crippen LogP contribution is 2.32. The lowest BCUT2D eigenvalue weighted by Crippen LogP contribution is -2.25. The standard InChI is InChI=1S/C19H15FN2O4/c20-14-4-2-1-3-13(14)17-10-15(22-26-17)19(23)21-8-7-12-5-6-16-18(9-12)25-11-24-16/h1-6,9-10H,7-8,11H2,(H,21,23). The molecule has 2 heterocycles. The molecular weight excluding hydrogens is 339 g/mol. The van der Waals surface area contributed by atoms with Crippen molar-refractivity contribution in [2.45, 2.75) is 6.42 Å². The minimum absolute atomic E-state index is 0.105. The van der Waals surface area contributed by atoms with Gasteiger partial charge in [-0.25, -0.2) is 4.39 Å². The first kappa shape index (κ1) is 16.1. The number of nitrogens with zero attached hydrogens (tertiary/aromatic N) is 1. The molecule has 1 N–H and O–H groups in total. The van der Waals surface area contributed by atoms with Gasteiger partial charge in [-0.15, -0.1) is 0 Å². The van der Waals surface area contributed by atoms with Crippen LogP contribution in [0.2, 0.25) is 0 Å². The first-order valence-electron chi connectivity index (χ1n) is 8.09. The number of fused-ring (bicyclic) bond motifs is 1. The highest BCUT2D eigenvalue weighted by atomic mass is 19.1. The Morgan fingerprint density at radius 1 is 1.12 bits per heavy atom. The number of nitrogens with one attached hydrogen (secondary N) is 1. The van der Waals surface area contributed by atoms with Crippen LogP contribution in [0.5, 0.6) is 11.5 Å². The number of halogens is 1. The molecular formula is C19H15FN2O4. The van der Waals surface area contributed by atoms with Crippen molar-refractivity contribution in [2.75, 3.05) is 13.3 Å². The maximum atomic E-state index is 13.8. The summed E-state index contributed by atoms with van der Waals surface area (Å²) in [4.78, 5) is 12.2. The van der Waals surface area contributed by atoms with Crippen LogP contribution in [0.3, 0.4) is 0 Å². The number of amides is 1. The SMILES string of the molecule is O=C(NCCc1ccc2c(c1)OCO2)c1cc(-c2ccccc2F)on1. The lowest BCUT2D eigenvalue weighted by atomic mass is 10.1.